The number of nitrogens with one attached hydrogen (secondary N) is 1. The van der Waals surface area contributed by atoms with Gasteiger partial charge in [-0.25, -0.2) is 0 Å². The SMILES string of the molecule is CC(C)(C)c1ccc(C(F)(F)F)cc1C1CCCN1.CN1CCC(c2ccc(C(F)(F)F)cc2C(C)(C)C)CC1.Cc1ccc(C(C)(C)C)c(N2CCC(O)C2)c1. The molecule has 0 radical (unpaired) electrons. The number of aryl methyl sites for hydroxylation is 1. The lowest BCUT2D eigenvalue weighted by Gasteiger charge is -2.33. The van der Waals surface area contributed by atoms with Crippen molar-refractivity contribution < 1.29 is 31.4 Å². The Morgan fingerprint density at radius 3 is 1.65 bits per heavy atom. The molecule has 2 N–H and O–H groups in total. The maximum absolute atomic E-state index is 13.0. The number of halogens is 6. The second kappa shape index (κ2) is 18.0. The summed E-state index contributed by atoms with van der Waals surface area (Å²) < 4.78 is 77.5. The van der Waals surface area contributed by atoms with Crippen molar-refractivity contribution in [3.8, 4) is 0 Å². The lowest BCUT2D eigenvalue weighted by molar-refractivity contribution is -0.138. The van der Waals surface area contributed by atoms with Gasteiger partial charge in [-0.3, -0.25) is 0 Å². The van der Waals surface area contributed by atoms with Gasteiger partial charge in [0.25, 0.3) is 0 Å². The Bertz CT molecular complexity index is 1770. The van der Waals surface area contributed by atoms with E-state index in [0.717, 1.165) is 87.1 Å². The quantitative estimate of drug-likeness (QED) is 0.259. The summed E-state index contributed by atoms with van der Waals surface area (Å²) in [6.45, 7) is 25.6. The fourth-order valence-electron chi connectivity index (χ4n) is 8.22. The maximum atomic E-state index is 13.0. The highest BCUT2D eigenvalue weighted by molar-refractivity contribution is 5.59. The Hall–Kier alpha value is -3.08. The first-order chi connectivity index (χ1) is 26.2. The van der Waals surface area contributed by atoms with Gasteiger partial charge in [0.2, 0.25) is 0 Å². The standard InChI is InChI=1S/C17H24F3N.C15H20F3N.C15H23NO/c1-16(2,3)15-11-13(17(18,19)20)5-6-14(15)12-7-9-21(4)10-8-12;1-14(2,3)12-7-6-10(15(16,17)18)9-11(12)13-5-4-8-19-13;1-11-5-6-13(15(2,3)4)14(9-11)16-8-7-12(17)10-16/h5-6,11-12H,7-10H2,1-4H3;6-7,9,13,19H,4-5,8H2,1-3H3;5-6,9,12,17H,7-8,10H2,1-4H3. The Morgan fingerprint density at radius 1 is 0.614 bits per heavy atom. The molecule has 0 amide bonds. The van der Waals surface area contributed by atoms with Crippen molar-refractivity contribution in [3.05, 3.63) is 99.1 Å². The normalized spacial score (nSPS) is 20.2. The number of nitrogens with zero attached hydrogens (tertiary/aromatic N) is 2. The third kappa shape index (κ3) is 12.7. The summed E-state index contributed by atoms with van der Waals surface area (Å²) in [4.78, 5) is 4.59. The van der Waals surface area contributed by atoms with Gasteiger partial charge in [-0.1, -0.05) is 86.6 Å². The first-order valence-electron chi connectivity index (χ1n) is 20.6. The number of anilines is 1. The Balaban J connectivity index is 0.000000190. The van der Waals surface area contributed by atoms with E-state index >= 15 is 0 Å². The zero-order valence-electron chi connectivity index (χ0n) is 36.1. The van der Waals surface area contributed by atoms with Crippen molar-refractivity contribution in [1.82, 2.24) is 10.2 Å². The predicted octanol–water partition coefficient (Wildman–Crippen LogP) is 12.1. The van der Waals surface area contributed by atoms with Crippen LogP contribution in [0.1, 0.15) is 151 Å². The first kappa shape index (κ1) is 46.6. The summed E-state index contributed by atoms with van der Waals surface area (Å²) in [7, 11) is 2.09. The minimum atomic E-state index is -4.27. The predicted molar refractivity (Wildman–Crippen MR) is 222 cm³/mol. The molecule has 0 spiro atoms. The molecule has 3 saturated heterocycles. The summed E-state index contributed by atoms with van der Waals surface area (Å²) in [5.41, 5.74) is 6.34. The summed E-state index contributed by atoms with van der Waals surface area (Å²) in [5, 5.41) is 13.0. The van der Waals surface area contributed by atoms with Gasteiger partial charge in [0.1, 0.15) is 0 Å². The lowest BCUT2D eigenvalue weighted by atomic mass is 9.77. The van der Waals surface area contributed by atoms with Crippen molar-refractivity contribution in [3.63, 3.8) is 0 Å². The Labute approximate surface area is 338 Å². The lowest BCUT2D eigenvalue weighted by Crippen LogP contribution is -2.30. The Morgan fingerprint density at radius 2 is 1.16 bits per heavy atom. The molecular weight excluding hydrogens is 737 g/mol. The van der Waals surface area contributed by atoms with E-state index in [9.17, 15) is 31.4 Å². The summed E-state index contributed by atoms with van der Waals surface area (Å²) in [5.74, 6) is 0.373. The van der Waals surface area contributed by atoms with Crippen LogP contribution in [0.3, 0.4) is 0 Å². The molecule has 2 unspecified atom stereocenters. The van der Waals surface area contributed by atoms with Crippen molar-refractivity contribution in [2.75, 3.05) is 44.7 Å². The summed E-state index contributed by atoms with van der Waals surface area (Å²) >= 11 is 0. The fraction of sp³-hybridized carbons (Fsp3) is 0.617. The van der Waals surface area contributed by atoms with Crippen LogP contribution in [0.4, 0.5) is 32.0 Å². The molecule has 2 atom stereocenters. The van der Waals surface area contributed by atoms with Crippen LogP contribution in [0.2, 0.25) is 0 Å². The highest BCUT2D eigenvalue weighted by Crippen LogP contribution is 2.41. The molecule has 3 aromatic rings. The van der Waals surface area contributed by atoms with Gasteiger partial charge in [-0.2, -0.15) is 26.3 Å². The molecule has 6 rings (SSSR count). The molecule has 3 fully saturated rings. The zero-order valence-corrected chi connectivity index (χ0v) is 36.1. The molecule has 3 aliphatic heterocycles. The van der Waals surface area contributed by atoms with E-state index in [1.54, 1.807) is 12.1 Å². The average Bonchev–Trinajstić information content (AvgIpc) is 3.79. The van der Waals surface area contributed by atoms with Gasteiger partial charge in [0.15, 0.2) is 0 Å². The number of rotatable bonds is 3. The molecule has 0 bridgehead atoms. The van der Waals surface area contributed by atoms with Gasteiger partial charge in [-0.15, -0.1) is 0 Å². The number of likely N-dealkylation sites (tertiary alicyclic amines) is 1. The van der Waals surface area contributed by atoms with Gasteiger partial charge in [-0.05, 0) is 152 Å². The number of β-amino-alcohol motifs (C(OH)–C–C–N with tert-alkyl or cyclic N) is 1. The van der Waals surface area contributed by atoms with E-state index in [2.05, 4.69) is 68.1 Å². The highest BCUT2D eigenvalue weighted by Gasteiger charge is 2.35. The van der Waals surface area contributed by atoms with E-state index < -0.39 is 23.5 Å². The third-order valence-corrected chi connectivity index (χ3v) is 11.4. The molecule has 3 aromatic carbocycles. The summed E-state index contributed by atoms with van der Waals surface area (Å²) in [6, 6.07) is 15.2. The molecule has 10 heteroatoms. The van der Waals surface area contributed by atoms with E-state index in [0.29, 0.717) is 5.92 Å². The molecule has 3 aliphatic rings. The fourth-order valence-corrected chi connectivity index (χ4v) is 8.22. The van der Waals surface area contributed by atoms with Crippen molar-refractivity contribution in [2.24, 2.45) is 0 Å². The van der Waals surface area contributed by atoms with Crippen LogP contribution in [-0.2, 0) is 28.6 Å². The third-order valence-electron chi connectivity index (χ3n) is 11.4. The van der Waals surface area contributed by atoms with Gasteiger partial charge < -0.3 is 20.2 Å². The second-order valence-corrected chi connectivity index (χ2v) is 19.5. The summed E-state index contributed by atoms with van der Waals surface area (Å²) in [6.07, 6.45) is -3.86. The highest BCUT2D eigenvalue weighted by atomic mass is 19.4. The molecule has 318 valence electrons. The zero-order chi connectivity index (χ0) is 42.7. The average molecular weight is 804 g/mol. The second-order valence-electron chi connectivity index (χ2n) is 19.5. The van der Waals surface area contributed by atoms with Crippen LogP contribution in [0.5, 0.6) is 0 Å². The molecule has 0 aromatic heterocycles. The minimum Gasteiger partial charge on any atom is -0.391 e. The number of hydrogen-bond donors (Lipinski definition) is 2. The Kier molecular flexibility index (Phi) is 14.8. The van der Waals surface area contributed by atoms with Crippen molar-refractivity contribution in [1.29, 1.82) is 0 Å². The van der Waals surface area contributed by atoms with E-state index in [1.807, 2.05) is 41.5 Å². The molecule has 0 aliphatic carbocycles. The topological polar surface area (TPSA) is 38.7 Å². The monoisotopic (exact) mass is 804 g/mol. The van der Waals surface area contributed by atoms with Crippen LogP contribution < -0.4 is 10.2 Å². The number of piperidine rings is 1. The van der Waals surface area contributed by atoms with Crippen LogP contribution in [0.15, 0.2) is 54.6 Å². The molecule has 4 nitrogen and oxygen atoms in total. The first-order valence-corrected chi connectivity index (χ1v) is 20.6. The van der Waals surface area contributed by atoms with Crippen LogP contribution in [-0.4, -0.2) is 55.9 Å². The number of alkyl halides is 6. The smallest absolute Gasteiger partial charge is 0.391 e. The van der Waals surface area contributed by atoms with Crippen molar-refractivity contribution in [2.45, 2.75) is 148 Å². The number of aliphatic hydroxyl groups is 1. The van der Waals surface area contributed by atoms with Crippen molar-refractivity contribution >= 4 is 5.69 Å². The van der Waals surface area contributed by atoms with Crippen LogP contribution in [0, 0.1) is 6.92 Å². The molecule has 57 heavy (non-hydrogen) atoms. The molecule has 0 saturated carbocycles. The molecule has 3 heterocycles. The van der Waals surface area contributed by atoms with Crippen LogP contribution >= 0.6 is 0 Å². The van der Waals surface area contributed by atoms with Crippen LogP contribution in [0.25, 0.3) is 0 Å². The van der Waals surface area contributed by atoms with E-state index in [1.165, 1.54) is 41.1 Å². The van der Waals surface area contributed by atoms with E-state index in [-0.39, 0.29) is 28.4 Å². The number of hydrogen-bond acceptors (Lipinski definition) is 4. The molecular formula is C47H67F6N3O. The largest absolute Gasteiger partial charge is 0.416 e. The number of aliphatic hydroxyl groups excluding tert-OH is 1. The van der Waals surface area contributed by atoms with Gasteiger partial charge in [0.05, 0.1) is 17.2 Å². The van der Waals surface area contributed by atoms with Gasteiger partial charge in [0, 0.05) is 24.8 Å². The van der Waals surface area contributed by atoms with E-state index in [4.69, 9.17) is 0 Å². The maximum Gasteiger partial charge on any atom is 0.416 e. The number of benzene rings is 3. The van der Waals surface area contributed by atoms with Gasteiger partial charge >= 0.3 is 12.4 Å². The minimum absolute atomic E-state index is 0.0523.